The Labute approximate surface area is 192 Å². The van der Waals surface area contributed by atoms with Crippen LogP contribution < -0.4 is 9.62 Å². The second kappa shape index (κ2) is 8.57. The van der Waals surface area contributed by atoms with Crippen LogP contribution in [0.4, 0.5) is 10.8 Å². The third-order valence-corrected chi connectivity index (χ3v) is 7.00. The van der Waals surface area contributed by atoms with Crippen LogP contribution in [0.15, 0.2) is 71.1 Å². The van der Waals surface area contributed by atoms with Crippen LogP contribution in [0.2, 0.25) is 0 Å². The van der Waals surface area contributed by atoms with Gasteiger partial charge in [0.1, 0.15) is 6.42 Å². The number of aromatic nitrogens is 1. The van der Waals surface area contributed by atoms with E-state index in [-0.39, 0.29) is 26.4 Å². The van der Waals surface area contributed by atoms with Crippen molar-refractivity contribution in [3.63, 3.8) is 0 Å². The SMILES string of the molecule is O=C1CC(=O)N(c2ccc(S(=O)(=O)Nc3nccs3)cc2)C(=S)N1C(=O)c1ccccc1. The zero-order valence-electron chi connectivity index (χ0n) is 16.2. The number of nitrogens with one attached hydrogen (secondary N) is 1. The number of nitrogens with zero attached hydrogens (tertiary/aromatic N) is 3. The minimum atomic E-state index is -3.88. The minimum absolute atomic E-state index is 0.0554. The summed E-state index contributed by atoms with van der Waals surface area (Å²) >= 11 is 6.43. The summed E-state index contributed by atoms with van der Waals surface area (Å²) in [4.78, 5) is 43.5. The highest BCUT2D eigenvalue weighted by Crippen LogP contribution is 2.26. The first-order valence-electron chi connectivity index (χ1n) is 9.09. The Morgan fingerprint density at radius 1 is 1.03 bits per heavy atom. The van der Waals surface area contributed by atoms with E-state index >= 15 is 0 Å². The van der Waals surface area contributed by atoms with Crippen molar-refractivity contribution in [1.82, 2.24) is 9.88 Å². The van der Waals surface area contributed by atoms with E-state index in [4.69, 9.17) is 12.2 Å². The number of sulfonamides is 1. The molecule has 0 unspecified atom stereocenters. The summed E-state index contributed by atoms with van der Waals surface area (Å²) in [5.41, 5.74) is 0.471. The molecule has 0 atom stereocenters. The molecule has 0 spiro atoms. The number of amides is 3. The molecule has 1 saturated heterocycles. The standard InChI is InChI=1S/C20H14N4O5S3/c25-16-12-17(26)24(18(27)13-4-2-1-3-5-13)20(30)23(16)14-6-8-15(9-7-14)32(28,29)22-19-21-10-11-31-19/h1-11H,12H2,(H,21,22). The van der Waals surface area contributed by atoms with Crippen LogP contribution in [0, 0.1) is 0 Å². The Morgan fingerprint density at radius 2 is 1.72 bits per heavy atom. The fourth-order valence-corrected chi connectivity index (χ4v) is 5.17. The Hall–Kier alpha value is -3.48. The zero-order chi connectivity index (χ0) is 22.9. The van der Waals surface area contributed by atoms with Crippen molar-refractivity contribution in [1.29, 1.82) is 0 Å². The van der Waals surface area contributed by atoms with E-state index in [0.29, 0.717) is 0 Å². The number of hydrogen-bond donors (Lipinski definition) is 1. The maximum Gasteiger partial charge on any atom is 0.266 e. The van der Waals surface area contributed by atoms with E-state index in [1.807, 2.05) is 0 Å². The summed E-state index contributed by atoms with van der Waals surface area (Å²) in [7, 11) is -3.88. The van der Waals surface area contributed by atoms with Crippen molar-refractivity contribution in [2.45, 2.75) is 11.3 Å². The number of anilines is 2. The van der Waals surface area contributed by atoms with E-state index in [1.165, 1.54) is 42.6 Å². The molecule has 1 aliphatic heterocycles. The summed E-state index contributed by atoms with van der Waals surface area (Å²) in [6.07, 6.45) is 0.919. The molecule has 162 valence electrons. The quantitative estimate of drug-likeness (QED) is 0.335. The second-order valence-electron chi connectivity index (χ2n) is 6.53. The van der Waals surface area contributed by atoms with E-state index < -0.39 is 34.2 Å². The highest BCUT2D eigenvalue weighted by atomic mass is 32.2. The molecule has 0 aliphatic carbocycles. The number of benzene rings is 2. The summed E-state index contributed by atoms with van der Waals surface area (Å²) in [5.74, 6) is -1.99. The lowest BCUT2D eigenvalue weighted by atomic mass is 10.1. The van der Waals surface area contributed by atoms with E-state index in [2.05, 4.69) is 9.71 Å². The number of thiazole rings is 1. The van der Waals surface area contributed by atoms with Gasteiger partial charge in [0.05, 0.1) is 10.6 Å². The molecule has 4 rings (SSSR count). The zero-order valence-corrected chi connectivity index (χ0v) is 18.6. The van der Waals surface area contributed by atoms with Crippen molar-refractivity contribution >= 4 is 67.2 Å². The molecule has 0 bridgehead atoms. The van der Waals surface area contributed by atoms with Gasteiger partial charge >= 0.3 is 0 Å². The summed E-state index contributed by atoms with van der Waals surface area (Å²) in [6, 6.07) is 13.4. The van der Waals surface area contributed by atoms with Crippen LogP contribution >= 0.6 is 23.6 Å². The Morgan fingerprint density at radius 3 is 2.34 bits per heavy atom. The molecule has 3 amide bonds. The molecular weight excluding hydrogens is 472 g/mol. The van der Waals surface area contributed by atoms with Crippen LogP contribution in [0.5, 0.6) is 0 Å². The molecule has 1 N–H and O–H groups in total. The molecule has 2 aromatic carbocycles. The Kier molecular flexibility index (Phi) is 5.82. The van der Waals surface area contributed by atoms with E-state index in [9.17, 15) is 22.8 Å². The first-order valence-corrected chi connectivity index (χ1v) is 11.9. The summed E-state index contributed by atoms with van der Waals surface area (Å²) < 4.78 is 27.4. The smallest absolute Gasteiger partial charge is 0.266 e. The molecule has 1 aromatic heterocycles. The molecule has 1 fully saturated rings. The lowest BCUT2D eigenvalue weighted by molar-refractivity contribution is -0.132. The third kappa shape index (κ3) is 4.15. The molecule has 12 heteroatoms. The number of carbonyl (C=O) groups is 3. The van der Waals surface area contributed by atoms with Gasteiger partial charge in [-0.2, -0.15) is 0 Å². The fourth-order valence-electron chi connectivity index (χ4n) is 2.99. The topological polar surface area (TPSA) is 117 Å². The number of rotatable bonds is 5. The second-order valence-corrected chi connectivity index (χ2v) is 9.47. The monoisotopic (exact) mass is 486 g/mol. The lowest BCUT2D eigenvalue weighted by Gasteiger charge is -2.34. The molecule has 2 heterocycles. The van der Waals surface area contributed by atoms with Gasteiger partial charge in [-0.25, -0.2) is 18.3 Å². The molecule has 0 radical (unpaired) electrons. The first-order chi connectivity index (χ1) is 15.3. The Bertz CT molecular complexity index is 1310. The molecule has 32 heavy (non-hydrogen) atoms. The van der Waals surface area contributed by atoms with Crippen LogP contribution in [0.25, 0.3) is 0 Å². The average molecular weight is 487 g/mol. The molecule has 1 aliphatic rings. The van der Waals surface area contributed by atoms with Gasteiger partial charge in [0.25, 0.3) is 15.9 Å². The number of hydrogen-bond acceptors (Lipinski definition) is 8. The molecule has 9 nitrogen and oxygen atoms in total. The predicted molar refractivity (Wildman–Crippen MR) is 122 cm³/mol. The molecule has 0 saturated carbocycles. The van der Waals surface area contributed by atoms with Crippen molar-refractivity contribution in [3.8, 4) is 0 Å². The Balaban J connectivity index is 1.61. The van der Waals surface area contributed by atoms with Gasteiger partial charge in [-0.15, -0.1) is 11.3 Å². The predicted octanol–water partition coefficient (Wildman–Crippen LogP) is 2.63. The normalized spacial score (nSPS) is 14.6. The van der Waals surface area contributed by atoms with Gasteiger partial charge < -0.3 is 0 Å². The first kappa shape index (κ1) is 21.7. The summed E-state index contributed by atoms with van der Waals surface area (Å²) in [5, 5.41) is 1.56. The summed E-state index contributed by atoms with van der Waals surface area (Å²) in [6.45, 7) is 0. The fraction of sp³-hybridized carbons (Fsp3) is 0.0500. The van der Waals surface area contributed by atoms with Gasteiger partial charge in [0, 0.05) is 17.1 Å². The number of carbonyl (C=O) groups excluding carboxylic acids is 3. The van der Waals surface area contributed by atoms with Crippen molar-refractivity contribution in [3.05, 3.63) is 71.7 Å². The maximum atomic E-state index is 12.8. The van der Waals surface area contributed by atoms with Gasteiger partial charge in [0.15, 0.2) is 10.2 Å². The minimum Gasteiger partial charge on any atom is -0.273 e. The highest BCUT2D eigenvalue weighted by Gasteiger charge is 2.40. The number of imide groups is 1. The van der Waals surface area contributed by atoms with Crippen molar-refractivity contribution in [2.24, 2.45) is 0 Å². The van der Waals surface area contributed by atoms with Crippen LogP contribution in [-0.4, -0.2) is 41.1 Å². The average Bonchev–Trinajstić information content (AvgIpc) is 3.26. The van der Waals surface area contributed by atoms with E-state index in [1.54, 1.807) is 23.6 Å². The van der Waals surface area contributed by atoms with Crippen LogP contribution in [-0.2, 0) is 19.6 Å². The van der Waals surface area contributed by atoms with Gasteiger partial charge in [-0.05, 0) is 48.6 Å². The van der Waals surface area contributed by atoms with Crippen molar-refractivity contribution in [2.75, 3.05) is 9.62 Å². The highest BCUT2D eigenvalue weighted by molar-refractivity contribution is 7.93. The molecule has 3 aromatic rings. The lowest BCUT2D eigenvalue weighted by Crippen LogP contribution is -2.57. The van der Waals surface area contributed by atoms with Crippen molar-refractivity contribution < 1.29 is 22.8 Å². The van der Waals surface area contributed by atoms with Gasteiger partial charge in [-0.3, -0.25) is 24.0 Å². The maximum absolute atomic E-state index is 12.8. The van der Waals surface area contributed by atoms with Gasteiger partial charge in [0.2, 0.25) is 11.8 Å². The third-order valence-electron chi connectivity index (χ3n) is 4.47. The number of thiocarbonyl (C=S) groups is 1. The molecular formula is C20H14N4O5S3. The van der Waals surface area contributed by atoms with E-state index in [0.717, 1.165) is 21.1 Å². The van der Waals surface area contributed by atoms with Gasteiger partial charge in [-0.1, -0.05) is 18.2 Å². The van der Waals surface area contributed by atoms with Crippen LogP contribution in [0.3, 0.4) is 0 Å². The van der Waals surface area contributed by atoms with Crippen LogP contribution in [0.1, 0.15) is 16.8 Å². The largest absolute Gasteiger partial charge is 0.273 e.